The van der Waals surface area contributed by atoms with Crippen molar-refractivity contribution in [1.82, 2.24) is 20.5 Å². The average molecular weight is 256 g/mol. The molecule has 0 bridgehead atoms. The number of hydrogen-bond donors (Lipinski definition) is 2. The highest BCUT2D eigenvalue weighted by Crippen LogP contribution is 2.09. The molecule has 0 unspecified atom stereocenters. The van der Waals surface area contributed by atoms with Gasteiger partial charge in [0.2, 0.25) is 5.91 Å². The summed E-state index contributed by atoms with van der Waals surface area (Å²) in [7, 11) is 0. The van der Waals surface area contributed by atoms with Crippen LogP contribution in [0.3, 0.4) is 0 Å². The van der Waals surface area contributed by atoms with Crippen LogP contribution in [-0.4, -0.2) is 32.4 Å². The number of hydrogen-bond acceptors (Lipinski definition) is 5. The topological polar surface area (TPSA) is 87.7 Å². The van der Waals surface area contributed by atoms with Gasteiger partial charge in [0.05, 0.1) is 5.75 Å². The first-order valence-corrected chi connectivity index (χ1v) is 6.14. The lowest BCUT2D eigenvalue weighted by Gasteiger charge is -2.20. The number of aromatic nitrogens is 3. The Morgan fingerprint density at radius 1 is 1.41 bits per heavy atom. The third-order valence-corrected chi connectivity index (χ3v) is 2.56. The van der Waals surface area contributed by atoms with Crippen molar-refractivity contribution in [2.75, 3.05) is 5.75 Å². The Hall–Kier alpha value is -1.37. The molecule has 0 fully saturated rings. The number of carbonyl (C=O) groups is 1. The summed E-state index contributed by atoms with van der Waals surface area (Å²) < 4.78 is 0. The van der Waals surface area contributed by atoms with Crippen molar-refractivity contribution in [2.45, 2.75) is 38.4 Å². The highest BCUT2D eigenvalue weighted by molar-refractivity contribution is 7.99. The molecule has 0 spiro atoms. The zero-order valence-electron chi connectivity index (χ0n) is 10.3. The number of amides is 1. The minimum atomic E-state index is -0.279. The highest BCUT2D eigenvalue weighted by atomic mass is 32.2. The summed E-state index contributed by atoms with van der Waals surface area (Å²) in [5.41, 5.74) is -0.225. The van der Waals surface area contributed by atoms with Gasteiger partial charge in [-0.15, -0.1) is 10.2 Å². The van der Waals surface area contributed by atoms with Crippen molar-refractivity contribution in [3.05, 3.63) is 16.0 Å². The number of rotatable bonds is 3. The third-order valence-electron chi connectivity index (χ3n) is 1.69. The number of H-pyrrole nitrogens is 1. The Kier molecular flexibility index (Phi) is 4.28. The van der Waals surface area contributed by atoms with Crippen LogP contribution >= 0.6 is 11.8 Å². The van der Waals surface area contributed by atoms with E-state index in [1.54, 1.807) is 6.92 Å². The minimum absolute atomic E-state index is 0.106. The first-order chi connectivity index (χ1) is 7.78. The molecule has 6 nitrogen and oxygen atoms in total. The van der Waals surface area contributed by atoms with Crippen LogP contribution in [0.15, 0.2) is 9.95 Å². The van der Waals surface area contributed by atoms with Crippen LogP contribution in [-0.2, 0) is 4.79 Å². The molecule has 7 heteroatoms. The summed E-state index contributed by atoms with van der Waals surface area (Å²) in [5.74, 6) is 0.0935. The number of aromatic amines is 1. The molecule has 17 heavy (non-hydrogen) atoms. The van der Waals surface area contributed by atoms with E-state index in [-0.39, 0.29) is 22.8 Å². The van der Waals surface area contributed by atoms with Gasteiger partial charge in [-0.3, -0.25) is 14.6 Å². The first-order valence-electron chi connectivity index (χ1n) is 5.15. The van der Waals surface area contributed by atoms with Crippen molar-refractivity contribution in [3.63, 3.8) is 0 Å². The molecule has 0 atom stereocenters. The van der Waals surface area contributed by atoms with Gasteiger partial charge in [-0.1, -0.05) is 11.8 Å². The van der Waals surface area contributed by atoms with Gasteiger partial charge in [0.1, 0.15) is 5.69 Å². The van der Waals surface area contributed by atoms with Crippen molar-refractivity contribution < 1.29 is 4.79 Å². The molecule has 0 aromatic carbocycles. The van der Waals surface area contributed by atoms with E-state index in [1.165, 1.54) is 0 Å². The monoisotopic (exact) mass is 256 g/mol. The Morgan fingerprint density at radius 3 is 2.59 bits per heavy atom. The van der Waals surface area contributed by atoms with Gasteiger partial charge in [0.15, 0.2) is 5.16 Å². The van der Waals surface area contributed by atoms with Gasteiger partial charge in [-0.25, -0.2) is 0 Å². The fourth-order valence-corrected chi connectivity index (χ4v) is 1.64. The van der Waals surface area contributed by atoms with Gasteiger partial charge in [-0.05, 0) is 27.7 Å². The van der Waals surface area contributed by atoms with Crippen LogP contribution in [0.4, 0.5) is 0 Å². The molecule has 0 radical (unpaired) electrons. The molecule has 0 saturated heterocycles. The quantitative estimate of drug-likeness (QED) is 0.768. The third kappa shape index (κ3) is 4.99. The second-order valence-corrected chi connectivity index (χ2v) is 5.60. The minimum Gasteiger partial charge on any atom is -0.351 e. The van der Waals surface area contributed by atoms with E-state index in [9.17, 15) is 9.59 Å². The molecule has 2 N–H and O–H groups in total. The number of nitrogens with zero attached hydrogens (tertiary/aromatic N) is 2. The molecular weight excluding hydrogens is 240 g/mol. The Bertz CT molecular complexity index is 464. The maximum absolute atomic E-state index is 11.5. The largest absolute Gasteiger partial charge is 0.351 e. The average Bonchev–Trinajstić information content (AvgIpc) is 2.17. The normalized spacial score (nSPS) is 11.3. The lowest BCUT2D eigenvalue weighted by Crippen LogP contribution is -2.41. The van der Waals surface area contributed by atoms with Crippen LogP contribution in [0.2, 0.25) is 0 Å². The van der Waals surface area contributed by atoms with E-state index in [2.05, 4.69) is 20.5 Å². The Balaban J connectivity index is 2.53. The summed E-state index contributed by atoms with van der Waals surface area (Å²) in [6.07, 6.45) is 0. The van der Waals surface area contributed by atoms with Gasteiger partial charge in [0, 0.05) is 5.54 Å². The predicted molar refractivity (Wildman–Crippen MR) is 66.0 cm³/mol. The van der Waals surface area contributed by atoms with Crippen molar-refractivity contribution in [2.24, 2.45) is 0 Å². The van der Waals surface area contributed by atoms with E-state index < -0.39 is 0 Å². The smallest absolute Gasteiger partial charge is 0.273 e. The molecule has 1 amide bonds. The SMILES string of the molecule is Cc1nnc(SCC(=O)NC(C)(C)C)[nH]c1=O. The fraction of sp³-hybridized carbons (Fsp3) is 0.600. The summed E-state index contributed by atoms with van der Waals surface area (Å²) in [6.45, 7) is 7.29. The molecule has 94 valence electrons. The van der Waals surface area contributed by atoms with E-state index in [1.807, 2.05) is 20.8 Å². The van der Waals surface area contributed by atoms with E-state index >= 15 is 0 Å². The van der Waals surface area contributed by atoms with Crippen LogP contribution in [0.1, 0.15) is 26.5 Å². The van der Waals surface area contributed by atoms with Gasteiger partial charge in [0.25, 0.3) is 5.56 Å². The molecule has 0 aliphatic heterocycles. The molecule has 0 aliphatic rings. The number of aryl methyl sites for hydroxylation is 1. The Morgan fingerprint density at radius 2 is 2.06 bits per heavy atom. The molecule has 0 aliphatic carbocycles. The first kappa shape index (κ1) is 13.7. The molecule has 1 rings (SSSR count). The highest BCUT2D eigenvalue weighted by Gasteiger charge is 2.14. The van der Waals surface area contributed by atoms with Crippen LogP contribution in [0, 0.1) is 6.92 Å². The fourth-order valence-electron chi connectivity index (χ4n) is 1.03. The molecule has 0 saturated carbocycles. The van der Waals surface area contributed by atoms with Crippen LogP contribution in [0.25, 0.3) is 0 Å². The second kappa shape index (κ2) is 5.31. The molecule has 1 heterocycles. The zero-order valence-corrected chi connectivity index (χ0v) is 11.1. The summed E-state index contributed by atoms with van der Waals surface area (Å²) in [6, 6.07) is 0. The summed E-state index contributed by atoms with van der Waals surface area (Å²) in [5, 5.41) is 10.6. The predicted octanol–water partition coefficient (Wildman–Crippen LogP) is 0.480. The number of carbonyl (C=O) groups excluding carboxylic acids is 1. The van der Waals surface area contributed by atoms with E-state index in [0.717, 1.165) is 11.8 Å². The lowest BCUT2D eigenvalue weighted by atomic mass is 10.1. The van der Waals surface area contributed by atoms with Crippen molar-refractivity contribution in [3.8, 4) is 0 Å². The van der Waals surface area contributed by atoms with E-state index in [0.29, 0.717) is 10.9 Å². The maximum atomic E-state index is 11.5. The van der Waals surface area contributed by atoms with E-state index in [4.69, 9.17) is 0 Å². The molecule has 1 aromatic heterocycles. The standard InChI is InChI=1S/C10H16N4O2S/c1-6-8(16)11-9(14-13-6)17-5-7(15)12-10(2,3)4/h5H2,1-4H3,(H,12,15)(H,11,14,16). The number of thioether (sulfide) groups is 1. The summed E-state index contributed by atoms with van der Waals surface area (Å²) in [4.78, 5) is 25.3. The lowest BCUT2D eigenvalue weighted by molar-refractivity contribution is -0.119. The van der Waals surface area contributed by atoms with Crippen molar-refractivity contribution >= 4 is 17.7 Å². The number of nitrogens with one attached hydrogen (secondary N) is 2. The van der Waals surface area contributed by atoms with Gasteiger partial charge >= 0.3 is 0 Å². The van der Waals surface area contributed by atoms with Crippen LogP contribution < -0.4 is 10.9 Å². The molecular formula is C10H16N4O2S. The second-order valence-electron chi connectivity index (χ2n) is 4.63. The van der Waals surface area contributed by atoms with Crippen LogP contribution in [0.5, 0.6) is 0 Å². The molecule has 1 aromatic rings. The zero-order chi connectivity index (χ0) is 13.1. The van der Waals surface area contributed by atoms with Crippen molar-refractivity contribution in [1.29, 1.82) is 0 Å². The Labute approximate surface area is 104 Å². The summed E-state index contributed by atoms with van der Waals surface area (Å²) >= 11 is 1.15. The van der Waals surface area contributed by atoms with Gasteiger partial charge < -0.3 is 5.32 Å². The maximum Gasteiger partial charge on any atom is 0.273 e. The van der Waals surface area contributed by atoms with Gasteiger partial charge in [-0.2, -0.15) is 0 Å².